The first kappa shape index (κ1) is 12.1. The van der Waals surface area contributed by atoms with E-state index in [1.165, 1.54) is 0 Å². The summed E-state index contributed by atoms with van der Waals surface area (Å²) in [6, 6.07) is 1.83. The molecule has 94 valence electrons. The van der Waals surface area contributed by atoms with Gasteiger partial charge >= 0.3 is 0 Å². The minimum absolute atomic E-state index is 0.0199. The lowest BCUT2D eigenvalue weighted by atomic mass is 10.0. The van der Waals surface area contributed by atoms with E-state index in [2.05, 4.69) is 34.7 Å². The van der Waals surface area contributed by atoms with Crippen LogP contribution in [-0.2, 0) is 4.79 Å². The van der Waals surface area contributed by atoms with Crippen LogP contribution in [0.1, 0.15) is 44.7 Å². The van der Waals surface area contributed by atoms with Gasteiger partial charge < -0.3 is 10.6 Å². The Morgan fingerprint density at radius 2 is 2.35 bits per heavy atom. The van der Waals surface area contributed by atoms with Gasteiger partial charge in [-0.3, -0.25) is 9.89 Å². The Labute approximate surface area is 101 Å². The quantitative estimate of drug-likeness (QED) is 0.746. The number of nitrogens with one attached hydrogen (secondary N) is 3. The van der Waals surface area contributed by atoms with Crippen LogP contribution in [0.2, 0.25) is 0 Å². The highest BCUT2D eigenvalue weighted by atomic mass is 16.2. The third-order valence-electron chi connectivity index (χ3n) is 3.10. The Bertz CT molecular complexity index is 380. The summed E-state index contributed by atoms with van der Waals surface area (Å²) in [7, 11) is 0. The van der Waals surface area contributed by atoms with Gasteiger partial charge in [-0.05, 0) is 25.3 Å². The fraction of sp³-hybridized carbons (Fsp3) is 0.667. The number of carbonyl (C=O) groups excluding carboxylic acids is 1. The molecule has 0 saturated carbocycles. The summed E-state index contributed by atoms with van der Waals surface area (Å²) in [5, 5.41) is 13.1. The Morgan fingerprint density at radius 1 is 1.53 bits per heavy atom. The van der Waals surface area contributed by atoms with Crippen LogP contribution in [0, 0.1) is 0 Å². The van der Waals surface area contributed by atoms with Crippen LogP contribution in [0.25, 0.3) is 0 Å². The Morgan fingerprint density at radius 3 is 2.94 bits per heavy atom. The van der Waals surface area contributed by atoms with E-state index in [0.29, 0.717) is 11.7 Å². The first-order valence-electron chi connectivity index (χ1n) is 6.26. The lowest BCUT2D eigenvalue weighted by Crippen LogP contribution is -2.43. The second-order valence-electron chi connectivity index (χ2n) is 4.85. The monoisotopic (exact) mass is 236 g/mol. The van der Waals surface area contributed by atoms with E-state index in [1.807, 2.05) is 6.07 Å². The number of piperidine rings is 1. The number of hydrogen-bond donors (Lipinski definition) is 3. The van der Waals surface area contributed by atoms with Gasteiger partial charge in [0.15, 0.2) is 5.82 Å². The van der Waals surface area contributed by atoms with Gasteiger partial charge in [-0.2, -0.15) is 5.10 Å². The molecular formula is C12H20N4O. The lowest BCUT2D eigenvalue weighted by Gasteiger charge is -2.21. The molecule has 5 heteroatoms. The molecule has 0 aromatic carbocycles. The fourth-order valence-electron chi connectivity index (χ4n) is 1.99. The smallest absolute Gasteiger partial charge is 0.242 e. The number of H-pyrrole nitrogens is 1. The summed E-state index contributed by atoms with van der Waals surface area (Å²) in [4.78, 5) is 11.9. The summed E-state index contributed by atoms with van der Waals surface area (Å²) >= 11 is 0. The van der Waals surface area contributed by atoms with Gasteiger partial charge in [-0.1, -0.05) is 20.3 Å². The molecule has 5 nitrogen and oxygen atoms in total. The topological polar surface area (TPSA) is 69.8 Å². The normalized spacial score (nSPS) is 20.5. The molecular weight excluding hydrogens is 216 g/mol. The van der Waals surface area contributed by atoms with Gasteiger partial charge in [0, 0.05) is 11.8 Å². The van der Waals surface area contributed by atoms with Crippen LogP contribution in [0.5, 0.6) is 0 Å². The molecule has 2 heterocycles. The maximum absolute atomic E-state index is 11.9. The first-order chi connectivity index (χ1) is 8.16. The van der Waals surface area contributed by atoms with Crippen LogP contribution in [-0.4, -0.2) is 28.7 Å². The summed E-state index contributed by atoms with van der Waals surface area (Å²) in [6.07, 6.45) is 3.18. The van der Waals surface area contributed by atoms with Crippen molar-refractivity contribution in [2.24, 2.45) is 0 Å². The second kappa shape index (κ2) is 5.31. The number of nitrogens with zero attached hydrogens (tertiary/aromatic N) is 1. The molecule has 1 aromatic rings. The summed E-state index contributed by atoms with van der Waals surface area (Å²) in [6.45, 7) is 5.10. The van der Waals surface area contributed by atoms with Crippen molar-refractivity contribution in [3.8, 4) is 0 Å². The molecule has 2 rings (SSSR count). The number of aromatic nitrogens is 2. The number of carbonyl (C=O) groups is 1. The Hall–Kier alpha value is -1.36. The zero-order chi connectivity index (χ0) is 12.3. The van der Waals surface area contributed by atoms with Crippen LogP contribution in [0.15, 0.2) is 6.07 Å². The van der Waals surface area contributed by atoms with Crippen molar-refractivity contribution in [3.05, 3.63) is 11.8 Å². The van der Waals surface area contributed by atoms with E-state index in [9.17, 15) is 4.79 Å². The van der Waals surface area contributed by atoms with Gasteiger partial charge in [0.05, 0.1) is 6.04 Å². The van der Waals surface area contributed by atoms with Crippen LogP contribution < -0.4 is 10.6 Å². The zero-order valence-corrected chi connectivity index (χ0v) is 10.4. The van der Waals surface area contributed by atoms with E-state index in [0.717, 1.165) is 31.5 Å². The van der Waals surface area contributed by atoms with Gasteiger partial charge in [-0.25, -0.2) is 0 Å². The van der Waals surface area contributed by atoms with Crippen molar-refractivity contribution in [2.75, 3.05) is 11.9 Å². The van der Waals surface area contributed by atoms with E-state index < -0.39 is 0 Å². The van der Waals surface area contributed by atoms with Crippen LogP contribution in [0.3, 0.4) is 0 Å². The summed E-state index contributed by atoms with van der Waals surface area (Å²) in [5.74, 6) is 1.03. The van der Waals surface area contributed by atoms with Gasteiger partial charge in [0.1, 0.15) is 0 Å². The molecule has 17 heavy (non-hydrogen) atoms. The molecule has 1 aromatic heterocycles. The first-order valence-corrected chi connectivity index (χ1v) is 6.26. The van der Waals surface area contributed by atoms with Gasteiger partial charge in [-0.15, -0.1) is 0 Å². The average Bonchev–Trinajstić information content (AvgIpc) is 2.79. The molecule has 1 fully saturated rings. The third kappa shape index (κ3) is 3.06. The van der Waals surface area contributed by atoms with Crippen molar-refractivity contribution in [3.63, 3.8) is 0 Å². The standard InChI is InChI=1S/C12H20N4O/c1-8(2)10-7-11(16-15-10)14-12(17)9-5-3-4-6-13-9/h7-9,13H,3-6H2,1-2H3,(H2,14,15,16,17). The van der Waals surface area contributed by atoms with Crippen molar-refractivity contribution in [1.82, 2.24) is 15.5 Å². The van der Waals surface area contributed by atoms with E-state index in [4.69, 9.17) is 0 Å². The fourth-order valence-corrected chi connectivity index (χ4v) is 1.99. The maximum Gasteiger partial charge on any atom is 0.242 e. The van der Waals surface area contributed by atoms with E-state index >= 15 is 0 Å². The third-order valence-corrected chi connectivity index (χ3v) is 3.10. The van der Waals surface area contributed by atoms with Crippen LogP contribution >= 0.6 is 0 Å². The largest absolute Gasteiger partial charge is 0.308 e. The highest BCUT2D eigenvalue weighted by molar-refractivity contribution is 5.94. The maximum atomic E-state index is 11.9. The van der Waals surface area contributed by atoms with Gasteiger partial charge in [0.25, 0.3) is 0 Å². The molecule has 0 aliphatic carbocycles. The molecule has 0 bridgehead atoms. The average molecular weight is 236 g/mol. The predicted molar refractivity (Wildman–Crippen MR) is 66.9 cm³/mol. The van der Waals surface area contributed by atoms with Crippen LogP contribution in [0.4, 0.5) is 5.82 Å². The van der Waals surface area contributed by atoms with Crippen molar-refractivity contribution in [1.29, 1.82) is 0 Å². The SMILES string of the molecule is CC(C)c1cc(NC(=O)C2CCCCN2)n[nH]1. The highest BCUT2D eigenvalue weighted by Gasteiger charge is 2.21. The van der Waals surface area contributed by atoms with Crippen molar-refractivity contribution >= 4 is 11.7 Å². The molecule has 1 atom stereocenters. The van der Waals surface area contributed by atoms with E-state index in [1.54, 1.807) is 0 Å². The minimum atomic E-state index is -0.0667. The summed E-state index contributed by atoms with van der Waals surface area (Å²) in [5.41, 5.74) is 1.04. The molecule has 0 radical (unpaired) electrons. The van der Waals surface area contributed by atoms with Crippen molar-refractivity contribution in [2.45, 2.75) is 45.1 Å². The molecule has 1 aliphatic rings. The highest BCUT2D eigenvalue weighted by Crippen LogP contribution is 2.15. The predicted octanol–water partition coefficient (Wildman–Crippen LogP) is 1.61. The number of rotatable bonds is 3. The van der Waals surface area contributed by atoms with Gasteiger partial charge in [0.2, 0.25) is 5.91 Å². The number of anilines is 1. The second-order valence-corrected chi connectivity index (χ2v) is 4.85. The number of hydrogen-bond acceptors (Lipinski definition) is 3. The molecule has 1 aliphatic heterocycles. The van der Waals surface area contributed by atoms with E-state index in [-0.39, 0.29) is 11.9 Å². The molecule has 0 spiro atoms. The Balaban J connectivity index is 1.92. The number of aromatic amines is 1. The molecule has 1 unspecified atom stereocenters. The Kier molecular flexibility index (Phi) is 3.78. The summed E-state index contributed by atoms with van der Waals surface area (Å²) < 4.78 is 0. The molecule has 1 amide bonds. The molecule has 3 N–H and O–H groups in total. The minimum Gasteiger partial charge on any atom is -0.308 e. The zero-order valence-electron chi connectivity index (χ0n) is 10.4. The van der Waals surface area contributed by atoms with Crippen molar-refractivity contribution < 1.29 is 4.79 Å². The lowest BCUT2D eigenvalue weighted by molar-refractivity contribution is -0.118. The number of amides is 1. The molecule has 1 saturated heterocycles.